The van der Waals surface area contributed by atoms with Gasteiger partial charge < -0.3 is 10.6 Å². The second kappa shape index (κ2) is 7.77. The van der Waals surface area contributed by atoms with Crippen LogP contribution in [0.4, 0.5) is 0 Å². The maximum absolute atomic E-state index is 12.0. The summed E-state index contributed by atoms with van der Waals surface area (Å²) in [5.41, 5.74) is 0.898. The monoisotopic (exact) mass is 332 g/mol. The Labute approximate surface area is 131 Å². The summed E-state index contributed by atoms with van der Waals surface area (Å²) in [5.74, 6) is 0.100. The molecule has 1 aromatic rings. The van der Waals surface area contributed by atoms with E-state index in [4.69, 9.17) is 0 Å². The molecule has 21 heavy (non-hydrogen) atoms. The number of nitrogens with one attached hydrogen (secondary N) is 2. The molecule has 7 heteroatoms. The predicted molar refractivity (Wildman–Crippen MR) is 84.2 cm³/mol. The van der Waals surface area contributed by atoms with Crippen LogP contribution in [0, 0.1) is 5.92 Å². The quantitative estimate of drug-likeness (QED) is 0.866. The van der Waals surface area contributed by atoms with Gasteiger partial charge in [0, 0.05) is 19.3 Å². The molecule has 5 nitrogen and oxygen atoms in total. The van der Waals surface area contributed by atoms with E-state index in [1.54, 1.807) is 24.3 Å². The lowest BCUT2D eigenvalue weighted by molar-refractivity contribution is -0.125. The molecule has 0 radical (unpaired) electrons. The number of amides is 1. The normalized spacial score (nSPS) is 18.6. The number of carbonyl (C=O) groups excluding carboxylic acids is 1. The second-order valence-electron chi connectivity index (χ2n) is 5.18. The van der Waals surface area contributed by atoms with Crippen LogP contribution in [0.3, 0.4) is 0 Å². The van der Waals surface area contributed by atoms with Crippen molar-refractivity contribution in [1.82, 2.24) is 10.6 Å². The summed E-state index contributed by atoms with van der Waals surface area (Å²) in [5, 5.41) is 6.11. The van der Waals surface area contributed by atoms with E-state index in [0.29, 0.717) is 11.4 Å². The number of benzene rings is 1. The topological polar surface area (TPSA) is 75.3 Å². The van der Waals surface area contributed by atoms with Gasteiger partial charge in [0.1, 0.15) is 0 Å². The maximum atomic E-state index is 12.0. The minimum absolute atomic E-state index is 0. The van der Waals surface area contributed by atoms with Crippen LogP contribution in [0.2, 0.25) is 0 Å². The Hall–Kier alpha value is -1.11. The average Bonchev–Trinajstić information content (AvgIpc) is 2.45. The van der Waals surface area contributed by atoms with Gasteiger partial charge in [-0.1, -0.05) is 12.1 Å². The number of hydrogen-bond donors (Lipinski definition) is 2. The Balaban J connectivity index is 0.00000220. The zero-order valence-electron chi connectivity index (χ0n) is 12.0. The van der Waals surface area contributed by atoms with Crippen LogP contribution < -0.4 is 10.6 Å². The van der Waals surface area contributed by atoms with Gasteiger partial charge in [0.15, 0.2) is 9.84 Å². The van der Waals surface area contributed by atoms with Crippen LogP contribution in [0.15, 0.2) is 29.2 Å². The first-order valence-corrected chi connectivity index (χ1v) is 8.63. The molecule has 0 aromatic heterocycles. The lowest BCUT2D eigenvalue weighted by Gasteiger charge is -2.21. The summed E-state index contributed by atoms with van der Waals surface area (Å²) >= 11 is 0. The van der Waals surface area contributed by atoms with Gasteiger partial charge in [0.25, 0.3) is 0 Å². The first kappa shape index (κ1) is 17.9. The second-order valence-corrected chi connectivity index (χ2v) is 7.19. The predicted octanol–water partition coefficient (Wildman–Crippen LogP) is 1.13. The Morgan fingerprint density at radius 3 is 2.52 bits per heavy atom. The number of sulfone groups is 1. The van der Waals surface area contributed by atoms with Crippen LogP contribution in [-0.4, -0.2) is 33.7 Å². The van der Waals surface area contributed by atoms with Gasteiger partial charge in [0.05, 0.1) is 10.8 Å². The number of hydrogen-bond acceptors (Lipinski definition) is 4. The fourth-order valence-corrected chi connectivity index (χ4v) is 2.89. The maximum Gasteiger partial charge on any atom is 0.224 e. The van der Waals surface area contributed by atoms with Crippen molar-refractivity contribution in [2.75, 3.05) is 19.3 Å². The van der Waals surface area contributed by atoms with E-state index in [0.717, 1.165) is 31.5 Å². The van der Waals surface area contributed by atoms with Crippen molar-refractivity contribution in [2.45, 2.75) is 24.3 Å². The highest BCUT2D eigenvalue weighted by molar-refractivity contribution is 7.90. The molecule has 2 rings (SSSR count). The van der Waals surface area contributed by atoms with E-state index >= 15 is 0 Å². The summed E-state index contributed by atoms with van der Waals surface area (Å²) in [6.07, 6.45) is 3.13. The zero-order valence-corrected chi connectivity index (χ0v) is 13.6. The lowest BCUT2D eigenvalue weighted by atomic mass is 9.99. The molecule has 1 aliphatic rings. The molecule has 0 bridgehead atoms. The molecule has 1 atom stereocenters. The SMILES string of the molecule is CS(=O)(=O)c1ccc(CNC(=O)[C@@H]2CCCNC2)cc1.Cl. The smallest absolute Gasteiger partial charge is 0.224 e. The van der Waals surface area contributed by atoms with Crippen LogP contribution in [0.25, 0.3) is 0 Å². The van der Waals surface area contributed by atoms with Gasteiger partial charge in [0.2, 0.25) is 5.91 Å². The van der Waals surface area contributed by atoms with Crippen LogP contribution in [0.5, 0.6) is 0 Å². The van der Waals surface area contributed by atoms with Gasteiger partial charge in [-0.15, -0.1) is 12.4 Å². The van der Waals surface area contributed by atoms with E-state index < -0.39 is 9.84 Å². The summed E-state index contributed by atoms with van der Waals surface area (Å²) in [4.78, 5) is 12.2. The third-order valence-corrected chi connectivity index (χ3v) is 4.61. The molecular weight excluding hydrogens is 312 g/mol. The van der Waals surface area contributed by atoms with Crippen molar-refractivity contribution in [3.8, 4) is 0 Å². The van der Waals surface area contributed by atoms with Crippen molar-refractivity contribution in [3.05, 3.63) is 29.8 Å². The van der Waals surface area contributed by atoms with E-state index in [-0.39, 0.29) is 24.2 Å². The number of carbonyl (C=O) groups is 1. The number of piperidine rings is 1. The highest BCUT2D eigenvalue weighted by Gasteiger charge is 2.20. The van der Waals surface area contributed by atoms with E-state index in [9.17, 15) is 13.2 Å². The Morgan fingerprint density at radius 2 is 2.00 bits per heavy atom. The van der Waals surface area contributed by atoms with Gasteiger partial charge in [-0.25, -0.2) is 8.42 Å². The molecule has 1 fully saturated rings. The number of halogens is 1. The molecule has 1 saturated heterocycles. The van der Waals surface area contributed by atoms with Crippen molar-refractivity contribution < 1.29 is 13.2 Å². The molecule has 2 N–H and O–H groups in total. The van der Waals surface area contributed by atoms with Gasteiger partial charge in [-0.05, 0) is 37.1 Å². The van der Waals surface area contributed by atoms with Gasteiger partial charge in [-0.2, -0.15) is 0 Å². The van der Waals surface area contributed by atoms with Crippen molar-refractivity contribution in [3.63, 3.8) is 0 Å². The molecule has 1 aliphatic heterocycles. The largest absolute Gasteiger partial charge is 0.352 e. The Bertz CT molecular complexity index is 566. The summed E-state index contributed by atoms with van der Waals surface area (Å²) in [6.45, 7) is 2.15. The molecular formula is C14H21ClN2O3S. The molecule has 1 heterocycles. The summed E-state index contributed by atoms with van der Waals surface area (Å²) in [6, 6.07) is 6.60. The molecule has 0 unspecified atom stereocenters. The molecule has 1 amide bonds. The molecule has 1 aromatic carbocycles. The average molecular weight is 333 g/mol. The fraction of sp³-hybridized carbons (Fsp3) is 0.500. The van der Waals surface area contributed by atoms with E-state index in [1.807, 2.05) is 0 Å². The first-order valence-electron chi connectivity index (χ1n) is 6.74. The molecule has 0 aliphatic carbocycles. The molecule has 118 valence electrons. The first-order chi connectivity index (χ1) is 9.47. The minimum Gasteiger partial charge on any atom is -0.352 e. The minimum atomic E-state index is -3.16. The van der Waals surface area contributed by atoms with Crippen molar-refractivity contribution >= 4 is 28.2 Å². The van der Waals surface area contributed by atoms with Gasteiger partial charge >= 0.3 is 0 Å². The Morgan fingerprint density at radius 1 is 1.33 bits per heavy atom. The third kappa shape index (κ3) is 5.30. The molecule has 0 saturated carbocycles. The van der Waals surface area contributed by atoms with E-state index in [1.165, 1.54) is 6.26 Å². The van der Waals surface area contributed by atoms with Gasteiger partial charge in [-0.3, -0.25) is 4.79 Å². The molecule has 0 spiro atoms. The highest BCUT2D eigenvalue weighted by Crippen LogP contribution is 2.12. The zero-order chi connectivity index (χ0) is 14.6. The summed E-state index contributed by atoms with van der Waals surface area (Å²) < 4.78 is 22.7. The van der Waals surface area contributed by atoms with Crippen molar-refractivity contribution in [2.24, 2.45) is 5.92 Å². The van der Waals surface area contributed by atoms with Crippen molar-refractivity contribution in [1.29, 1.82) is 0 Å². The fourth-order valence-electron chi connectivity index (χ4n) is 2.26. The summed E-state index contributed by atoms with van der Waals surface area (Å²) in [7, 11) is -3.16. The van der Waals surface area contributed by atoms with E-state index in [2.05, 4.69) is 10.6 Å². The van der Waals surface area contributed by atoms with Crippen LogP contribution >= 0.6 is 12.4 Å². The Kier molecular flexibility index (Phi) is 6.64. The highest BCUT2D eigenvalue weighted by atomic mass is 35.5. The van der Waals surface area contributed by atoms with Crippen LogP contribution in [0.1, 0.15) is 18.4 Å². The van der Waals surface area contributed by atoms with Crippen LogP contribution in [-0.2, 0) is 21.2 Å². The third-order valence-electron chi connectivity index (χ3n) is 3.49. The standard InChI is InChI=1S/C14H20N2O3S.ClH/c1-20(18,19)13-6-4-11(5-7-13)9-16-14(17)12-3-2-8-15-10-12;/h4-7,12,15H,2-3,8-10H2,1H3,(H,16,17);1H/t12-;/m1./s1. The lowest BCUT2D eigenvalue weighted by Crippen LogP contribution is -2.40. The number of rotatable bonds is 4.